The second-order valence-corrected chi connectivity index (χ2v) is 4.89. The van der Waals surface area contributed by atoms with Gasteiger partial charge in [0.1, 0.15) is 6.10 Å². The molecular formula is C12H24N2O2. The summed E-state index contributed by atoms with van der Waals surface area (Å²) in [5.41, 5.74) is 0. The molecular weight excluding hydrogens is 204 g/mol. The van der Waals surface area contributed by atoms with Gasteiger partial charge in [-0.05, 0) is 32.2 Å². The number of carbonyl (C=O) groups excluding carboxylic acids is 1. The molecule has 0 aliphatic carbocycles. The predicted octanol–water partition coefficient (Wildman–Crippen LogP) is 0.916. The van der Waals surface area contributed by atoms with Crippen LogP contribution < -0.4 is 10.6 Å². The second-order valence-electron chi connectivity index (χ2n) is 4.89. The van der Waals surface area contributed by atoms with E-state index in [1.165, 1.54) is 0 Å². The van der Waals surface area contributed by atoms with E-state index in [1.807, 2.05) is 6.92 Å². The standard InChI is InChI=1S/C12H24N2O2/c1-9(2)7-14-12(15)10(3)16-11-5-4-6-13-8-11/h9-11,13H,4-8H2,1-3H3,(H,14,15). The molecule has 1 aliphatic heterocycles. The Morgan fingerprint density at radius 2 is 2.25 bits per heavy atom. The highest BCUT2D eigenvalue weighted by atomic mass is 16.5. The van der Waals surface area contributed by atoms with E-state index in [1.54, 1.807) is 0 Å². The summed E-state index contributed by atoms with van der Waals surface area (Å²) < 4.78 is 5.71. The molecule has 1 fully saturated rings. The van der Waals surface area contributed by atoms with Crippen LogP contribution in [-0.4, -0.2) is 37.7 Å². The molecule has 0 radical (unpaired) electrons. The van der Waals surface area contributed by atoms with Gasteiger partial charge >= 0.3 is 0 Å². The van der Waals surface area contributed by atoms with Gasteiger partial charge in [-0.15, -0.1) is 0 Å². The molecule has 0 aromatic rings. The smallest absolute Gasteiger partial charge is 0.248 e. The monoisotopic (exact) mass is 228 g/mol. The van der Waals surface area contributed by atoms with Crippen molar-refractivity contribution in [3.8, 4) is 0 Å². The maximum absolute atomic E-state index is 11.7. The fourth-order valence-corrected chi connectivity index (χ4v) is 1.73. The Bertz CT molecular complexity index is 213. The Morgan fingerprint density at radius 3 is 2.81 bits per heavy atom. The second kappa shape index (κ2) is 6.86. The van der Waals surface area contributed by atoms with Crippen molar-refractivity contribution in [2.75, 3.05) is 19.6 Å². The average molecular weight is 228 g/mol. The molecule has 0 saturated carbocycles. The lowest BCUT2D eigenvalue weighted by atomic mass is 10.1. The topological polar surface area (TPSA) is 50.4 Å². The van der Waals surface area contributed by atoms with Crippen LogP contribution in [0.3, 0.4) is 0 Å². The van der Waals surface area contributed by atoms with Crippen LogP contribution in [0.2, 0.25) is 0 Å². The summed E-state index contributed by atoms with van der Waals surface area (Å²) in [4.78, 5) is 11.7. The summed E-state index contributed by atoms with van der Waals surface area (Å²) in [6.07, 6.45) is 2.02. The van der Waals surface area contributed by atoms with E-state index in [9.17, 15) is 4.79 Å². The number of nitrogens with one attached hydrogen (secondary N) is 2. The zero-order valence-corrected chi connectivity index (χ0v) is 10.6. The maximum atomic E-state index is 11.7. The van der Waals surface area contributed by atoms with Crippen molar-refractivity contribution in [3.05, 3.63) is 0 Å². The molecule has 1 aliphatic rings. The SMILES string of the molecule is CC(C)CNC(=O)C(C)OC1CCCNC1. The first-order chi connectivity index (χ1) is 7.59. The van der Waals surface area contributed by atoms with Crippen molar-refractivity contribution in [3.63, 3.8) is 0 Å². The van der Waals surface area contributed by atoms with Gasteiger partial charge < -0.3 is 15.4 Å². The van der Waals surface area contributed by atoms with Crippen LogP contribution >= 0.6 is 0 Å². The summed E-state index contributed by atoms with van der Waals surface area (Å²) in [6, 6.07) is 0. The van der Waals surface area contributed by atoms with Gasteiger partial charge in [0.25, 0.3) is 0 Å². The van der Waals surface area contributed by atoms with Crippen molar-refractivity contribution in [2.24, 2.45) is 5.92 Å². The minimum atomic E-state index is -0.344. The molecule has 0 aromatic heterocycles. The molecule has 16 heavy (non-hydrogen) atoms. The van der Waals surface area contributed by atoms with E-state index in [0.29, 0.717) is 5.92 Å². The molecule has 1 rings (SSSR count). The van der Waals surface area contributed by atoms with Crippen molar-refractivity contribution < 1.29 is 9.53 Å². The van der Waals surface area contributed by atoms with Gasteiger partial charge in [-0.3, -0.25) is 4.79 Å². The molecule has 0 aromatic carbocycles. The number of carbonyl (C=O) groups is 1. The highest BCUT2D eigenvalue weighted by molar-refractivity contribution is 5.80. The Kier molecular flexibility index (Phi) is 5.77. The lowest BCUT2D eigenvalue weighted by molar-refractivity contribution is -0.136. The number of amides is 1. The summed E-state index contributed by atoms with van der Waals surface area (Å²) in [5.74, 6) is 0.478. The third-order valence-electron chi connectivity index (χ3n) is 2.70. The van der Waals surface area contributed by atoms with E-state index in [4.69, 9.17) is 4.74 Å². The summed E-state index contributed by atoms with van der Waals surface area (Å²) in [6.45, 7) is 8.63. The third-order valence-corrected chi connectivity index (χ3v) is 2.70. The summed E-state index contributed by atoms with van der Waals surface area (Å²) in [7, 11) is 0. The van der Waals surface area contributed by atoms with E-state index in [0.717, 1.165) is 32.5 Å². The first-order valence-electron chi connectivity index (χ1n) is 6.23. The van der Waals surface area contributed by atoms with Crippen LogP contribution in [0.15, 0.2) is 0 Å². The van der Waals surface area contributed by atoms with Crippen LogP contribution in [0, 0.1) is 5.92 Å². The van der Waals surface area contributed by atoms with Crippen LogP contribution in [0.25, 0.3) is 0 Å². The quantitative estimate of drug-likeness (QED) is 0.735. The van der Waals surface area contributed by atoms with Gasteiger partial charge in [-0.2, -0.15) is 0 Å². The van der Waals surface area contributed by atoms with Gasteiger partial charge in [0, 0.05) is 13.1 Å². The van der Waals surface area contributed by atoms with Crippen molar-refractivity contribution in [1.82, 2.24) is 10.6 Å². The lowest BCUT2D eigenvalue weighted by Gasteiger charge is -2.26. The molecule has 0 bridgehead atoms. The fourth-order valence-electron chi connectivity index (χ4n) is 1.73. The largest absolute Gasteiger partial charge is 0.364 e. The van der Waals surface area contributed by atoms with Crippen molar-refractivity contribution >= 4 is 5.91 Å². The van der Waals surface area contributed by atoms with Gasteiger partial charge in [0.15, 0.2) is 0 Å². The Morgan fingerprint density at radius 1 is 1.50 bits per heavy atom. The first-order valence-corrected chi connectivity index (χ1v) is 6.23. The van der Waals surface area contributed by atoms with Crippen LogP contribution in [0.1, 0.15) is 33.6 Å². The number of rotatable bonds is 5. The van der Waals surface area contributed by atoms with Crippen LogP contribution in [-0.2, 0) is 9.53 Å². The molecule has 2 atom stereocenters. The van der Waals surface area contributed by atoms with Crippen LogP contribution in [0.5, 0.6) is 0 Å². The van der Waals surface area contributed by atoms with E-state index >= 15 is 0 Å². The van der Waals surface area contributed by atoms with Crippen molar-refractivity contribution in [2.45, 2.75) is 45.8 Å². The van der Waals surface area contributed by atoms with E-state index < -0.39 is 0 Å². The molecule has 1 amide bonds. The Labute approximate surface area is 98.1 Å². The molecule has 4 heteroatoms. The lowest BCUT2D eigenvalue weighted by Crippen LogP contribution is -2.42. The van der Waals surface area contributed by atoms with E-state index in [-0.39, 0.29) is 18.1 Å². The van der Waals surface area contributed by atoms with Gasteiger partial charge in [-0.1, -0.05) is 13.8 Å². The Hall–Kier alpha value is -0.610. The predicted molar refractivity (Wildman–Crippen MR) is 64.3 cm³/mol. The maximum Gasteiger partial charge on any atom is 0.248 e. The summed E-state index contributed by atoms with van der Waals surface area (Å²) in [5, 5.41) is 6.16. The number of piperidine rings is 1. The van der Waals surface area contributed by atoms with E-state index in [2.05, 4.69) is 24.5 Å². The van der Waals surface area contributed by atoms with Gasteiger partial charge in [0.05, 0.1) is 6.10 Å². The fraction of sp³-hybridized carbons (Fsp3) is 0.917. The number of hydrogen-bond acceptors (Lipinski definition) is 3. The number of hydrogen-bond donors (Lipinski definition) is 2. The molecule has 2 unspecified atom stereocenters. The first kappa shape index (κ1) is 13.5. The molecule has 0 spiro atoms. The van der Waals surface area contributed by atoms with Gasteiger partial charge in [-0.25, -0.2) is 0 Å². The molecule has 1 heterocycles. The minimum Gasteiger partial charge on any atom is -0.364 e. The molecule has 94 valence electrons. The third kappa shape index (κ3) is 4.94. The minimum absolute atomic E-state index is 0.000673. The van der Waals surface area contributed by atoms with Crippen LogP contribution in [0.4, 0.5) is 0 Å². The zero-order valence-electron chi connectivity index (χ0n) is 10.6. The highest BCUT2D eigenvalue weighted by Crippen LogP contribution is 2.08. The molecule has 1 saturated heterocycles. The zero-order chi connectivity index (χ0) is 12.0. The van der Waals surface area contributed by atoms with Crippen molar-refractivity contribution in [1.29, 1.82) is 0 Å². The number of ether oxygens (including phenoxy) is 1. The normalized spacial score (nSPS) is 23.1. The Balaban J connectivity index is 2.21. The molecule has 4 nitrogen and oxygen atoms in total. The average Bonchev–Trinajstić information content (AvgIpc) is 2.27. The summed E-state index contributed by atoms with van der Waals surface area (Å²) >= 11 is 0. The van der Waals surface area contributed by atoms with Gasteiger partial charge in [0.2, 0.25) is 5.91 Å². The molecule has 2 N–H and O–H groups in total. The highest BCUT2D eigenvalue weighted by Gasteiger charge is 2.20.